The van der Waals surface area contributed by atoms with E-state index >= 15 is 0 Å². The number of fused-ring (bicyclic) bond motifs is 1. The molecule has 2 aromatic carbocycles. The lowest BCUT2D eigenvalue weighted by atomic mass is 10.0. The molecule has 4 aromatic rings. The van der Waals surface area contributed by atoms with Crippen LogP contribution < -0.4 is 4.74 Å². The topological polar surface area (TPSA) is 130 Å². The Morgan fingerprint density at radius 1 is 1.09 bits per heavy atom. The van der Waals surface area contributed by atoms with Crippen LogP contribution in [0.3, 0.4) is 0 Å². The van der Waals surface area contributed by atoms with Crippen LogP contribution in [0.25, 0.3) is 28.2 Å². The van der Waals surface area contributed by atoms with E-state index in [4.69, 9.17) is 14.5 Å². The number of aryl methyl sites for hydroxylation is 2. The van der Waals surface area contributed by atoms with Crippen molar-refractivity contribution >= 4 is 57.2 Å². The Morgan fingerprint density at radius 2 is 1.89 bits per heavy atom. The van der Waals surface area contributed by atoms with E-state index in [2.05, 4.69) is 4.90 Å². The van der Waals surface area contributed by atoms with Crippen molar-refractivity contribution in [1.82, 2.24) is 14.8 Å². The van der Waals surface area contributed by atoms with E-state index in [9.17, 15) is 24.6 Å². The van der Waals surface area contributed by atoms with Gasteiger partial charge in [0.2, 0.25) is 0 Å². The molecule has 2 aliphatic rings. The number of thiophene rings is 1. The molecule has 2 fully saturated rings. The third kappa shape index (κ3) is 6.80. The highest BCUT2D eigenvalue weighted by Crippen LogP contribution is 2.36. The predicted octanol–water partition coefficient (Wildman–Crippen LogP) is 6.32. The summed E-state index contributed by atoms with van der Waals surface area (Å²) in [4.78, 5) is 46.8. The van der Waals surface area contributed by atoms with Gasteiger partial charge in [0.1, 0.15) is 17.0 Å². The van der Waals surface area contributed by atoms with Gasteiger partial charge in [0.15, 0.2) is 0 Å². The number of aromatic carboxylic acids is 1. The van der Waals surface area contributed by atoms with Gasteiger partial charge < -0.3 is 19.7 Å². The number of carboxylic acid groups (broad SMARTS) is 1. The summed E-state index contributed by atoms with van der Waals surface area (Å²) in [6, 6.07) is 12.5. The van der Waals surface area contributed by atoms with Crippen molar-refractivity contribution in [2.45, 2.75) is 26.8 Å². The SMILES string of the molecule is Cc1cc(C)c2ccc(-c3csc(C=C4SC(=O)N(CCCOc5ccc(C(=O)O)cc5CN5CCOCC5)C4=O)c3)nc2c1O. The van der Waals surface area contributed by atoms with Crippen molar-refractivity contribution in [1.29, 1.82) is 0 Å². The van der Waals surface area contributed by atoms with Gasteiger partial charge in [-0.2, -0.15) is 0 Å². The lowest BCUT2D eigenvalue weighted by molar-refractivity contribution is -0.122. The van der Waals surface area contributed by atoms with Crippen LogP contribution >= 0.6 is 23.1 Å². The first-order valence-electron chi connectivity index (χ1n) is 14.9. The Morgan fingerprint density at radius 3 is 2.67 bits per heavy atom. The first kappa shape index (κ1) is 31.7. The molecule has 238 valence electrons. The van der Waals surface area contributed by atoms with Gasteiger partial charge >= 0.3 is 5.97 Å². The first-order valence-corrected chi connectivity index (χ1v) is 16.6. The van der Waals surface area contributed by atoms with E-state index in [0.717, 1.165) is 57.4 Å². The number of rotatable bonds is 10. The van der Waals surface area contributed by atoms with E-state index in [1.165, 1.54) is 22.3 Å². The lowest BCUT2D eigenvalue weighted by Gasteiger charge is -2.27. The smallest absolute Gasteiger partial charge is 0.335 e. The highest BCUT2D eigenvalue weighted by atomic mass is 32.2. The van der Waals surface area contributed by atoms with Crippen LogP contribution in [0.2, 0.25) is 0 Å². The quantitative estimate of drug-likeness (QED) is 0.147. The second-order valence-corrected chi connectivity index (χ2v) is 13.2. The van der Waals surface area contributed by atoms with Crippen molar-refractivity contribution in [2.24, 2.45) is 0 Å². The minimum absolute atomic E-state index is 0.168. The number of benzene rings is 2. The molecule has 12 heteroatoms. The molecular formula is C34H33N3O7S2. The number of carbonyl (C=O) groups is 3. The first-order chi connectivity index (χ1) is 22.2. The molecule has 0 radical (unpaired) electrons. The number of carboxylic acids is 1. The number of thioether (sulfide) groups is 1. The van der Waals surface area contributed by atoms with E-state index in [1.807, 2.05) is 43.5 Å². The maximum atomic E-state index is 13.2. The second kappa shape index (κ2) is 13.6. The van der Waals surface area contributed by atoms with E-state index in [1.54, 1.807) is 18.2 Å². The summed E-state index contributed by atoms with van der Waals surface area (Å²) in [5.74, 6) is -0.595. The Labute approximate surface area is 274 Å². The lowest BCUT2D eigenvalue weighted by Crippen LogP contribution is -2.35. The van der Waals surface area contributed by atoms with Gasteiger partial charge in [0.05, 0.1) is 36.0 Å². The molecule has 2 aliphatic heterocycles. The van der Waals surface area contributed by atoms with Crippen molar-refractivity contribution < 1.29 is 34.1 Å². The average molecular weight is 660 g/mol. The number of phenolic OH excluding ortho intramolecular Hbond substituents is 1. The molecule has 2 amide bonds. The molecule has 6 rings (SSSR count). The van der Waals surface area contributed by atoms with Crippen LogP contribution in [-0.2, 0) is 16.1 Å². The summed E-state index contributed by atoms with van der Waals surface area (Å²) in [5.41, 5.74) is 4.90. The number of hydrogen-bond acceptors (Lipinski definition) is 10. The molecule has 2 saturated heterocycles. The Kier molecular flexibility index (Phi) is 9.41. The molecule has 10 nitrogen and oxygen atoms in total. The molecule has 4 heterocycles. The summed E-state index contributed by atoms with van der Waals surface area (Å²) in [6.45, 7) is 7.59. The number of amides is 2. The molecular weight excluding hydrogens is 627 g/mol. The van der Waals surface area contributed by atoms with Crippen LogP contribution in [0.15, 0.2) is 52.7 Å². The number of pyridine rings is 1. The summed E-state index contributed by atoms with van der Waals surface area (Å²) < 4.78 is 11.4. The zero-order valence-corrected chi connectivity index (χ0v) is 27.1. The van der Waals surface area contributed by atoms with Crippen LogP contribution in [-0.4, -0.2) is 81.6 Å². The molecule has 0 spiro atoms. The second-order valence-electron chi connectivity index (χ2n) is 11.2. The number of carbonyl (C=O) groups excluding carboxylic acids is 2. The number of aromatic hydroxyl groups is 1. The fourth-order valence-corrected chi connectivity index (χ4v) is 7.31. The minimum Gasteiger partial charge on any atom is -0.505 e. The number of imide groups is 1. The van der Waals surface area contributed by atoms with E-state index in [-0.39, 0.29) is 35.6 Å². The molecule has 2 N–H and O–H groups in total. The molecule has 2 aromatic heterocycles. The van der Waals surface area contributed by atoms with Gasteiger partial charge in [0.25, 0.3) is 11.1 Å². The van der Waals surface area contributed by atoms with Crippen LogP contribution in [0.5, 0.6) is 11.5 Å². The third-order valence-corrected chi connectivity index (χ3v) is 9.79. The highest BCUT2D eigenvalue weighted by molar-refractivity contribution is 8.18. The number of phenols is 1. The van der Waals surface area contributed by atoms with Crippen molar-refractivity contribution in [3.63, 3.8) is 0 Å². The summed E-state index contributed by atoms with van der Waals surface area (Å²) in [6.07, 6.45) is 2.15. The fraction of sp³-hybridized carbons (Fsp3) is 0.294. The fourth-order valence-electron chi connectivity index (χ4n) is 5.54. The zero-order chi connectivity index (χ0) is 32.4. The van der Waals surface area contributed by atoms with Crippen LogP contribution in [0.1, 0.15) is 38.3 Å². The number of nitrogens with zero attached hydrogens (tertiary/aromatic N) is 3. The summed E-state index contributed by atoms with van der Waals surface area (Å²) in [5, 5.41) is 22.6. The van der Waals surface area contributed by atoms with Crippen LogP contribution in [0.4, 0.5) is 4.79 Å². The number of morpholine rings is 1. The van der Waals surface area contributed by atoms with Gasteiger partial charge in [-0.3, -0.25) is 19.4 Å². The standard InChI is InChI=1S/C34H33N3O7S2/c1-20-14-21(2)31(38)30-26(20)5-6-27(35-30)24-16-25(45-19-24)17-29-32(39)37(34(42)46-29)8-3-11-44-28-7-4-22(33(40)41)15-23(28)18-36-9-12-43-13-10-36/h4-7,14-17,19,38H,3,8-13,18H2,1-2H3,(H,40,41). The predicted molar refractivity (Wildman–Crippen MR) is 178 cm³/mol. The van der Waals surface area contributed by atoms with Gasteiger partial charge in [-0.15, -0.1) is 11.3 Å². The normalized spacial score (nSPS) is 16.6. The van der Waals surface area contributed by atoms with Crippen molar-refractivity contribution in [3.8, 4) is 22.8 Å². The number of aromatic nitrogens is 1. The average Bonchev–Trinajstić information content (AvgIpc) is 3.62. The summed E-state index contributed by atoms with van der Waals surface area (Å²) >= 11 is 2.36. The number of hydrogen-bond donors (Lipinski definition) is 2. The van der Waals surface area contributed by atoms with Gasteiger partial charge in [0, 0.05) is 52.9 Å². The van der Waals surface area contributed by atoms with E-state index in [0.29, 0.717) is 48.0 Å². The summed E-state index contributed by atoms with van der Waals surface area (Å²) in [7, 11) is 0. The largest absolute Gasteiger partial charge is 0.505 e. The maximum absolute atomic E-state index is 13.2. The van der Waals surface area contributed by atoms with Crippen LogP contribution in [0, 0.1) is 13.8 Å². The number of ether oxygens (including phenoxy) is 2. The molecule has 0 aliphatic carbocycles. The van der Waals surface area contributed by atoms with Gasteiger partial charge in [-0.05, 0) is 79.6 Å². The molecule has 0 atom stereocenters. The Balaban J connectivity index is 1.08. The molecule has 46 heavy (non-hydrogen) atoms. The highest BCUT2D eigenvalue weighted by Gasteiger charge is 2.34. The van der Waals surface area contributed by atoms with Gasteiger partial charge in [-0.25, -0.2) is 9.78 Å². The molecule has 0 saturated carbocycles. The maximum Gasteiger partial charge on any atom is 0.335 e. The molecule has 0 unspecified atom stereocenters. The Bertz CT molecular complexity index is 1860. The zero-order valence-electron chi connectivity index (χ0n) is 25.4. The molecule has 0 bridgehead atoms. The Hall–Kier alpha value is -4.23. The minimum atomic E-state index is -1.00. The van der Waals surface area contributed by atoms with Crippen molar-refractivity contribution in [2.75, 3.05) is 39.5 Å². The third-order valence-electron chi connectivity index (χ3n) is 8.00. The van der Waals surface area contributed by atoms with Gasteiger partial charge in [-0.1, -0.05) is 12.1 Å². The monoisotopic (exact) mass is 659 g/mol. The van der Waals surface area contributed by atoms with E-state index < -0.39 is 5.97 Å². The van der Waals surface area contributed by atoms with Crippen molar-refractivity contribution in [3.05, 3.63) is 79.9 Å².